The molecule has 0 bridgehead atoms. The van der Waals surface area contributed by atoms with Gasteiger partial charge in [-0.05, 0) is 28.1 Å². The maximum absolute atomic E-state index is 11.1. The average molecular weight is 267 g/mol. The molecule has 0 unspecified atom stereocenters. The van der Waals surface area contributed by atoms with Gasteiger partial charge >= 0.3 is 10.0 Å². The molecule has 0 heterocycles. The Morgan fingerprint density at radius 2 is 1.92 bits per heavy atom. The summed E-state index contributed by atoms with van der Waals surface area (Å²) in [6.45, 7) is 0. The summed E-state index contributed by atoms with van der Waals surface area (Å²) in [7, 11) is -3.59. The normalized spacial score (nSPS) is 11.5. The summed E-state index contributed by atoms with van der Waals surface area (Å²) < 4.78 is 25.8. The molecule has 0 spiro atoms. The van der Waals surface area contributed by atoms with Crippen LogP contribution in [0.1, 0.15) is 0 Å². The third kappa shape index (κ3) is 2.01. The van der Waals surface area contributed by atoms with Gasteiger partial charge < -0.3 is 0 Å². The lowest BCUT2D eigenvalue weighted by Crippen LogP contribution is -2.07. The molecule has 64 valence electrons. The van der Waals surface area contributed by atoms with Crippen LogP contribution in [0.15, 0.2) is 33.6 Å². The first-order chi connectivity index (χ1) is 5.58. The van der Waals surface area contributed by atoms with Gasteiger partial charge in [0, 0.05) is 4.47 Å². The molecule has 1 aromatic carbocycles. The van der Waals surface area contributed by atoms with Crippen molar-refractivity contribution < 1.29 is 8.42 Å². The van der Waals surface area contributed by atoms with E-state index in [2.05, 4.69) is 32.9 Å². The van der Waals surface area contributed by atoms with Crippen LogP contribution in [0.5, 0.6) is 0 Å². The summed E-state index contributed by atoms with van der Waals surface area (Å²) in [4.78, 5) is 0.125. The standard InChI is InChI=1S/C6H5BrNO2S2/c7-5-3-1-2-4-6(5)12(9,10)8-11/h1-4,11H/q+1. The van der Waals surface area contributed by atoms with Gasteiger partial charge in [0.15, 0.2) is 0 Å². The summed E-state index contributed by atoms with van der Waals surface area (Å²) in [5, 5.41) is 0. The van der Waals surface area contributed by atoms with Crippen molar-refractivity contribution in [3.8, 4) is 0 Å². The van der Waals surface area contributed by atoms with Gasteiger partial charge in [-0.25, -0.2) is 0 Å². The van der Waals surface area contributed by atoms with Gasteiger partial charge in [0.05, 0.1) is 0 Å². The van der Waals surface area contributed by atoms with E-state index in [1.54, 1.807) is 18.2 Å². The first-order valence-corrected chi connectivity index (χ1v) is 5.57. The Kier molecular flexibility index (Phi) is 3.16. The lowest BCUT2D eigenvalue weighted by atomic mass is 10.4. The van der Waals surface area contributed by atoms with E-state index in [9.17, 15) is 8.42 Å². The van der Waals surface area contributed by atoms with Crippen LogP contribution in [0.3, 0.4) is 0 Å². The molecule has 0 aromatic heterocycles. The number of thiol groups is 1. The molecule has 0 atom stereocenters. The molecule has 0 aliphatic rings. The summed E-state index contributed by atoms with van der Waals surface area (Å²) in [6.07, 6.45) is 0. The largest absolute Gasteiger partial charge is 0.443 e. The molecule has 6 heteroatoms. The summed E-state index contributed by atoms with van der Waals surface area (Å²) in [5.41, 5.74) is 0. The Hall–Kier alpha value is -0.0400. The van der Waals surface area contributed by atoms with Crippen LogP contribution in [0.2, 0.25) is 0 Å². The number of hydrogen-bond donors (Lipinski definition) is 1. The molecular weight excluding hydrogens is 262 g/mol. The van der Waals surface area contributed by atoms with Crippen molar-refractivity contribution in [3.05, 3.63) is 28.7 Å². The number of sulfonamides is 1. The predicted octanol–water partition coefficient (Wildman–Crippen LogP) is 1.59. The average Bonchev–Trinajstić information content (AvgIpc) is 2.05. The van der Waals surface area contributed by atoms with E-state index in [0.717, 1.165) is 0 Å². The maximum atomic E-state index is 11.1. The molecular formula is C6H5BrNO2S2+. The molecule has 0 saturated carbocycles. The van der Waals surface area contributed by atoms with Crippen LogP contribution in [0.4, 0.5) is 0 Å². The molecule has 3 nitrogen and oxygen atoms in total. The zero-order chi connectivity index (χ0) is 9.19. The van der Waals surface area contributed by atoms with E-state index in [0.29, 0.717) is 4.47 Å². The number of benzene rings is 1. The molecule has 12 heavy (non-hydrogen) atoms. The zero-order valence-corrected chi connectivity index (χ0v) is 9.10. The maximum Gasteiger partial charge on any atom is 0.443 e. The third-order valence-electron chi connectivity index (χ3n) is 1.22. The first-order valence-electron chi connectivity index (χ1n) is 2.94. The smallest absolute Gasteiger partial charge is 0.156 e. The van der Waals surface area contributed by atoms with E-state index in [4.69, 9.17) is 0 Å². The molecule has 0 amide bonds. The van der Waals surface area contributed by atoms with Gasteiger partial charge in [-0.2, -0.15) is 8.42 Å². The molecule has 0 fully saturated rings. The van der Waals surface area contributed by atoms with Crippen LogP contribution in [0, 0.1) is 0 Å². The predicted molar refractivity (Wildman–Crippen MR) is 52.4 cm³/mol. The van der Waals surface area contributed by atoms with Gasteiger partial charge in [-0.15, -0.1) is 0 Å². The molecule has 2 radical (unpaired) electrons. The minimum Gasteiger partial charge on any atom is -0.156 e. The summed E-state index contributed by atoms with van der Waals surface area (Å²) in [6, 6.07) is 6.43. The van der Waals surface area contributed by atoms with E-state index >= 15 is 0 Å². The topological polar surface area (TPSA) is 48.2 Å². The molecule has 0 aliphatic heterocycles. The Bertz CT molecular complexity index is 377. The van der Waals surface area contributed by atoms with Crippen molar-refractivity contribution in [2.45, 2.75) is 4.90 Å². The van der Waals surface area contributed by atoms with Crippen LogP contribution in [0.25, 0.3) is 0 Å². The second-order valence-electron chi connectivity index (χ2n) is 1.99. The van der Waals surface area contributed by atoms with Crippen LogP contribution in [-0.4, -0.2) is 8.42 Å². The lowest BCUT2D eigenvalue weighted by molar-refractivity contribution is 0.593. The quantitative estimate of drug-likeness (QED) is 0.827. The monoisotopic (exact) mass is 266 g/mol. The highest BCUT2D eigenvalue weighted by molar-refractivity contribution is 9.10. The molecule has 0 aliphatic carbocycles. The van der Waals surface area contributed by atoms with Crippen molar-refractivity contribution in [1.82, 2.24) is 4.13 Å². The number of rotatable bonds is 2. The summed E-state index contributed by atoms with van der Waals surface area (Å²) in [5.74, 6) is 0. The minimum absolute atomic E-state index is 0.125. The Labute approximate surface area is 84.9 Å². The van der Waals surface area contributed by atoms with Crippen molar-refractivity contribution in [2.75, 3.05) is 0 Å². The third-order valence-corrected chi connectivity index (χ3v) is 3.95. The van der Waals surface area contributed by atoms with Gasteiger partial charge in [0.2, 0.25) is 12.8 Å². The fourth-order valence-corrected chi connectivity index (χ4v) is 2.51. The second kappa shape index (κ2) is 3.78. The SMILES string of the molecule is O=S(=O)([N+]S)c1ccccc1Br. The Morgan fingerprint density at radius 3 is 2.42 bits per heavy atom. The zero-order valence-electron chi connectivity index (χ0n) is 5.81. The lowest BCUT2D eigenvalue weighted by Gasteiger charge is -1.93. The van der Waals surface area contributed by atoms with Crippen molar-refractivity contribution >= 4 is 38.8 Å². The number of nitrogens with zero attached hydrogens (tertiary/aromatic N) is 1. The molecule has 0 N–H and O–H groups in total. The fraction of sp³-hybridized carbons (Fsp3) is 0. The highest BCUT2D eigenvalue weighted by Crippen LogP contribution is 2.21. The van der Waals surface area contributed by atoms with E-state index in [1.807, 2.05) is 0 Å². The fourth-order valence-electron chi connectivity index (χ4n) is 0.698. The van der Waals surface area contributed by atoms with Gasteiger partial charge in [0.25, 0.3) is 4.13 Å². The van der Waals surface area contributed by atoms with E-state index in [1.165, 1.54) is 6.07 Å². The van der Waals surface area contributed by atoms with Crippen molar-refractivity contribution in [3.63, 3.8) is 0 Å². The summed E-state index contributed by atoms with van der Waals surface area (Å²) >= 11 is 6.48. The van der Waals surface area contributed by atoms with Crippen LogP contribution < -0.4 is 4.13 Å². The first kappa shape index (κ1) is 10.0. The van der Waals surface area contributed by atoms with Crippen molar-refractivity contribution in [2.24, 2.45) is 0 Å². The van der Waals surface area contributed by atoms with Gasteiger partial charge in [-0.3, -0.25) is 0 Å². The van der Waals surface area contributed by atoms with Gasteiger partial charge in [-0.1, -0.05) is 12.1 Å². The van der Waals surface area contributed by atoms with Crippen LogP contribution in [-0.2, 0) is 10.0 Å². The highest BCUT2D eigenvalue weighted by Gasteiger charge is 2.28. The van der Waals surface area contributed by atoms with E-state index < -0.39 is 10.0 Å². The minimum atomic E-state index is -3.59. The molecule has 0 saturated heterocycles. The van der Waals surface area contributed by atoms with E-state index in [-0.39, 0.29) is 4.90 Å². The number of halogens is 1. The van der Waals surface area contributed by atoms with Gasteiger partial charge in [0.1, 0.15) is 4.90 Å². The second-order valence-corrected chi connectivity index (χ2v) is 4.88. The van der Waals surface area contributed by atoms with Crippen LogP contribution >= 0.6 is 28.7 Å². The highest BCUT2D eigenvalue weighted by atomic mass is 79.9. The Morgan fingerprint density at radius 1 is 1.33 bits per heavy atom. The van der Waals surface area contributed by atoms with Crippen molar-refractivity contribution in [1.29, 1.82) is 0 Å². The molecule has 1 rings (SSSR count). The Balaban J connectivity index is 3.30. The number of hydrogen-bond acceptors (Lipinski definition) is 3. The molecule has 1 aromatic rings.